The van der Waals surface area contributed by atoms with Crippen LogP contribution in [0.3, 0.4) is 0 Å². The molecule has 1 fully saturated rings. The van der Waals surface area contributed by atoms with Crippen molar-refractivity contribution in [1.82, 2.24) is 9.78 Å². The van der Waals surface area contributed by atoms with Crippen molar-refractivity contribution in [3.05, 3.63) is 71.4 Å². The summed E-state index contributed by atoms with van der Waals surface area (Å²) in [5.41, 5.74) is 0.548. The lowest BCUT2D eigenvalue weighted by Crippen LogP contribution is -2.27. The zero-order valence-electron chi connectivity index (χ0n) is 17.6. The molecule has 3 aromatic rings. The van der Waals surface area contributed by atoms with Crippen molar-refractivity contribution in [3.8, 4) is 5.69 Å². The minimum atomic E-state index is -4.50. The minimum absolute atomic E-state index is 0.158. The first-order chi connectivity index (χ1) is 15.7. The summed E-state index contributed by atoms with van der Waals surface area (Å²) in [5.74, 6) is -0.565. The van der Waals surface area contributed by atoms with Crippen LogP contribution in [0.5, 0.6) is 0 Å². The fourth-order valence-electron chi connectivity index (χ4n) is 3.53. The third-order valence-electron chi connectivity index (χ3n) is 5.11. The number of amides is 2. The fraction of sp³-hybridized carbons (Fsp3) is 0.261. The molecule has 1 aliphatic rings. The van der Waals surface area contributed by atoms with Crippen LogP contribution >= 0.6 is 0 Å². The quantitative estimate of drug-likeness (QED) is 0.587. The summed E-state index contributed by atoms with van der Waals surface area (Å²) in [6.07, 6.45) is -3.55. The third kappa shape index (κ3) is 5.23. The van der Waals surface area contributed by atoms with Crippen LogP contribution in [0.2, 0.25) is 0 Å². The molecule has 7 nitrogen and oxygen atoms in total. The molecule has 1 saturated heterocycles. The molecule has 1 atom stereocenters. The Morgan fingerprint density at radius 1 is 1.09 bits per heavy atom. The van der Waals surface area contributed by atoms with Gasteiger partial charge in [-0.2, -0.15) is 18.3 Å². The molecule has 172 valence electrons. The first-order valence-corrected chi connectivity index (χ1v) is 10.3. The Morgan fingerprint density at radius 3 is 2.61 bits per heavy atom. The molecule has 10 heteroatoms. The van der Waals surface area contributed by atoms with Crippen molar-refractivity contribution < 1.29 is 27.5 Å². The van der Waals surface area contributed by atoms with Crippen LogP contribution in [0, 0.1) is 6.92 Å². The lowest BCUT2D eigenvalue weighted by Gasteiger charge is -2.13. The van der Waals surface area contributed by atoms with Crippen LogP contribution in [0.25, 0.3) is 5.69 Å². The number of rotatable bonds is 5. The van der Waals surface area contributed by atoms with Gasteiger partial charge in [-0.3, -0.25) is 9.59 Å². The van der Waals surface area contributed by atoms with Crippen molar-refractivity contribution in [1.29, 1.82) is 0 Å². The topological polar surface area (TPSA) is 85.3 Å². The highest BCUT2D eigenvalue weighted by Gasteiger charge is 2.31. The number of carbonyl (C=O) groups is 2. The molecule has 1 aliphatic heterocycles. The van der Waals surface area contributed by atoms with Crippen LogP contribution in [0.1, 0.15) is 34.5 Å². The monoisotopic (exact) mass is 458 g/mol. The summed E-state index contributed by atoms with van der Waals surface area (Å²) in [5, 5.41) is 9.64. The molecule has 1 aromatic heterocycles. The lowest BCUT2D eigenvalue weighted by molar-refractivity contribution is -0.137. The van der Waals surface area contributed by atoms with E-state index in [2.05, 4.69) is 15.7 Å². The zero-order chi connectivity index (χ0) is 23.6. The van der Waals surface area contributed by atoms with Crippen molar-refractivity contribution in [3.63, 3.8) is 0 Å². The second-order valence-electron chi connectivity index (χ2n) is 7.66. The smallest absolute Gasteiger partial charge is 0.368 e. The molecule has 2 N–H and O–H groups in total. The van der Waals surface area contributed by atoms with E-state index in [0.29, 0.717) is 24.4 Å². The summed E-state index contributed by atoms with van der Waals surface area (Å²) < 4.78 is 45.9. The van der Waals surface area contributed by atoms with E-state index in [0.717, 1.165) is 18.6 Å². The maximum Gasteiger partial charge on any atom is 0.416 e. The molecule has 0 radical (unpaired) electrons. The molecule has 1 unspecified atom stereocenters. The fourth-order valence-corrected chi connectivity index (χ4v) is 3.53. The van der Waals surface area contributed by atoms with E-state index in [-0.39, 0.29) is 23.0 Å². The van der Waals surface area contributed by atoms with Gasteiger partial charge >= 0.3 is 6.18 Å². The van der Waals surface area contributed by atoms with Gasteiger partial charge in [0.1, 0.15) is 11.9 Å². The number of ether oxygens (including phenoxy) is 1. The number of hydrogen-bond acceptors (Lipinski definition) is 4. The van der Waals surface area contributed by atoms with Gasteiger partial charge in [-0.25, -0.2) is 4.68 Å². The number of aryl methyl sites for hydroxylation is 1. The van der Waals surface area contributed by atoms with E-state index in [1.165, 1.54) is 22.9 Å². The average Bonchev–Trinajstić information content (AvgIpc) is 3.43. The normalized spacial score (nSPS) is 15.9. The highest BCUT2D eigenvalue weighted by Crippen LogP contribution is 2.31. The van der Waals surface area contributed by atoms with Crippen molar-refractivity contribution >= 4 is 23.3 Å². The Kier molecular flexibility index (Phi) is 6.19. The molecule has 0 saturated carbocycles. The molecule has 2 heterocycles. The Morgan fingerprint density at radius 2 is 1.88 bits per heavy atom. The summed E-state index contributed by atoms with van der Waals surface area (Å²) in [4.78, 5) is 25.1. The molecule has 2 amide bonds. The van der Waals surface area contributed by atoms with Crippen LogP contribution in [0.4, 0.5) is 24.7 Å². The molecule has 0 aliphatic carbocycles. The standard InChI is InChI=1S/C23H21F3N4O3/c1-14-11-20(30(29-14)18-8-3-6-16(13-18)23(24,25)26)28-21(31)15-5-2-7-17(12-15)27-22(32)19-9-4-10-33-19/h2-3,5-8,11-13,19H,4,9-10H2,1H3,(H,27,32)(H,28,31). The maximum absolute atomic E-state index is 13.1. The molecule has 0 bridgehead atoms. The predicted octanol–water partition coefficient (Wildman–Crippen LogP) is 4.57. The second-order valence-corrected chi connectivity index (χ2v) is 7.66. The Labute approximate surface area is 187 Å². The molecule has 0 spiro atoms. The lowest BCUT2D eigenvalue weighted by atomic mass is 10.1. The van der Waals surface area contributed by atoms with Gasteiger partial charge in [-0.05, 0) is 56.2 Å². The summed E-state index contributed by atoms with van der Waals surface area (Å²) in [7, 11) is 0. The zero-order valence-corrected chi connectivity index (χ0v) is 17.6. The van der Waals surface area contributed by atoms with Gasteiger partial charge < -0.3 is 15.4 Å². The van der Waals surface area contributed by atoms with Crippen LogP contribution in [-0.2, 0) is 15.7 Å². The molecular formula is C23H21F3N4O3. The number of nitrogens with one attached hydrogen (secondary N) is 2. The molecular weight excluding hydrogens is 437 g/mol. The van der Waals surface area contributed by atoms with Gasteiger partial charge in [-0.1, -0.05) is 12.1 Å². The number of hydrogen-bond donors (Lipinski definition) is 2. The van der Waals surface area contributed by atoms with E-state index in [9.17, 15) is 22.8 Å². The van der Waals surface area contributed by atoms with Gasteiger partial charge in [0.15, 0.2) is 0 Å². The first-order valence-electron chi connectivity index (χ1n) is 10.3. The highest BCUT2D eigenvalue weighted by molar-refractivity contribution is 6.05. The first kappa shape index (κ1) is 22.5. The van der Waals surface area contributed by atoms with E-state index in [1.807, 2.05) is 0 Å². The van der Waals surface area contributed by atoms with E-state index in [1.54, 1.807) is 31.2 Å². The van der Waals surface area contributed by atoms with Gasteiger partial charge in [0.2, 0.25) is 0 Å². The SMILES string of the molecule is Cc1cc(NC(=O)c2cccc(NC(=O)C3CCCO3)c2)n(-c2cccc(C(F)(F)F)c2)n1. The molecule has 33 heavy (non-hydrogen) atoms. The van der Waals surface area contributed by atoms with Gasteiger partial charge in [0, 0.05) is 23.9 Å². The van der Waals surface area contributed by atoms with Gasteiger partial charge in [-0.15, -0.1) is 0 Å². The van der Waals surface area contributed by atoms with E-state index in [4.69, 9.17) is 4.74 Å². The highest BCUT2D eigenvalue weighted by atomic mass is 19.4. The van der Waals surface area contributed by atoms with E-state index >= 15 is 0 Å². The second kappa shape index (κ2) is 9.07. The van der Waals surface area contributed by atoms with Crippen molar-refractivity contribution in [2.75, 3.05) is 17.2 Å². The van der Waals surface area contributed by atoms with Crippen molar-refractivity contribution in [2.45, 2.75) is 32.0 Å². The summed E-state index contributed by atoms with van der Waals surface area (Å²) in [6.45, 7) is 2.21. The number of anilines is 2. The Balaban J connectivity index is 1.54. The number of nitrogens with zero attached hydrogens (tertiary/aromatic N) is 2. The van der Waals surface area contributed by atoms with Gasteiger partial charge in [0.05, 0.1) is 16.9 Å². The number of aromatic nitrogens is 2. The minimum Gasteiger partial charge on any atom is -0.368 e. The third-order valence-corrected chi connectivity index (χ3v) is 5.11. The summed E-state index contributed by atoms with van der Waals surface area (Å²) >= 11 is 0. The van der Waals surface area contributed by atoms with Crippen molar-refractivity contribution in [2.24, 2.45) is 0 Å². The Bertz CT molecular complexity index is 1180. The maximum atomic E-state index is 13.1. The number of halogens is 3. The number of benzene rings is 2. The molecule has 2 aromatic carbocycles. The summed E-state index contributed by atoms with van der Waals surface area (Å²) in [6, 6.07) is 12.6. The predicted molar refractivity (Wildman–Crippen MR) is 115 cm³/mol. The number of carbonyl (C=O) groups excluding carboxylic acids is 2. The van der Waals surface area contributed by atoms with E-state index < -0.39 is 23.8 Å². The largest absolute Gasteiger partial charge is 0.416 e. The molecule has 4 rings (SSSR count). The van der Waals surface area contributed by atoms with Crippen LogP contribution in [0.15, 0.2) is 54.6 Å². The number of alkyl halides is 3. The van der Waals surface area contributed by atoms with Gasteiger partial charge in [0.25, 0.3) is 11.8 Å². The average molecular weight is 458 g/mol. The Hall–Kier alpha value is -3.66. The van der Waals surface area contributed by atoms with Crippen LogP contribution < -0.4 is 10.6 Å². The van der Waals surface area contributed by atoms with Crippen LogP contribution in [-0.4, -0.2) is 34.3 Å².